The number of hydrogen-bond acceptors (Lipinski definition) is 5. The van der Waals surface area contributed by atoms with Crippen LogP contribution in [0.25, 0.3) is 0 Å². The van der Waals surface area contributed by atoms with Crippen LogP contribution in [0.1, 0.15) is 38.6 Å². The third-order valence-electron chi connectivity index (χ3n) is 3.23. The summed E-state index contributed by atoms with van der Waals surface area (Å²) in [5.41, 5.74) is 0. The van der Waals surface area contributed by atoms with Crippen LogP contribution in [0.4, 0.5) is 0 Å². The molecule has 0 spiro atoms. The van der Waals surface area contributed by atoms with Gasteiger partial charge < -0.3 is 5.32 Å². The van der Waals surface area contributed by atoms with Crippen molar-refractivity contribution in [2.45, 2.75) is 39.3 Å². The van der Waals surface area contributed by atoms with E-state index in [1.807, 2.05) is 4.68 Å². The molecule has 1 aromatic rings. The Bertz CT molecular complexity index is 334. The van der Waals surface area contributed by atoms with E-state index in [2.05, 4.69) is 46.5 Å². The molecule has 1 atom stereocenters. The highest BCUT2D eigenvalue weighted by Crippen LogP contribution is 2.24. The Morgan fingerprint density at radius 3 is 2.94 bits per heavy atom. The minimum absolute atomic E-state index is 0.230. The molecular formula is C11H21N5S. The molecule has 0 amide bonds. The molecule has 0 aliphatic carbocycles. The molecule has 1 unspecified atom stereocenters. The molecule has 2 heterocycles. The molecule has 0 radical (unpaired) electrons. The topological polar surface area (TPSA) is 55.6 Å². The van der Waals surface area contributed by atoms with Crippen LogP contribution in [0.5, 0.6) is 0 Å². The van der Waals surface area contributed by atoms with Crippen molar-refractivity contribution < 1.29 is 0 Å². The SMILES string of the molecule is CCNC(C)c1nnnn1CC1CCSCC1. The Balaban J connectivity index is 1.97. The highest BCUT2D eigenvalue weighted by molar-refractivity contribution is 7.99. The van der Waals surface area contributed by atoms with Gasteiger partial charge >= 0.3 is 0 Å². The van der Waals surface area contributed by atoms with Gasteiger partial charge in [-0.2, -0.15) is 11.8 Å². The third kappa shape index (κ3) is 3.42. The first-order chi connectivity index (χ1) is 8.31. The number of rotatable bonds is 5. The second-order valence-electron chi connectivity index (χ2n) is 4.55. The summed E-state index contributed by atoms with van der Waals surface area (Å²) in [7, 11) is 0. The zero-order valence-corrected chi connectivity index (χ0v) is 11.4. The maximum atomic E-state index is 4.13. The quantitative estimate of drug-likeness (QED) is 0.864. The number of hydrogen-bond donors (Lipinski definition) is 1. The van der Waals surface area contributed by atoms with Crippen LogP contribution in [0.15, 0.2) is 0 Å². The van der Waals surface area contributed by atoms with Crippen molar-refractivity contribution in [2.75, 3.05) is 18.1 Å². The van der Waals surface area contributed by atoms with E-state index in [1.165, 1.54) is 24.3 Å². The molecule has 1 aliphatic rings. The first kappa shape index (κ1) is 12.8. The van der Waals surface area contributed by atoms with Crippen LogP contribution >= 0.6 is 11.8 Å². The monoisotopic (exact) mass is 255 g/mol. The van der Waals surface area contributed by atoms with Crippen molar-refractivity contribution in [2.24, 2.45) is 5.92 Å². The molecule has 6 heteroatoms. The molecule has 1 aliphatic heterocycles. The zero-order valence-electron chi connectivity index (χ0n) is 10.6. The van der Waals surface area contributed by atoms with E-state index < -0.39 is 0 Å². The van der Waals surface area contributed by atoms with Crippen molar-refractivity contribution in [1.29, 1.82) is 0 Å². The lowest BCUT2D eigenvalue weighted by atomic mass is 10.0. The Morgan fingerprint density at radius 2 is 2.24 bits per heavy atom. The molecule has 1 N–H and O–H groups in total. The van der Waals surface area contributed by atoms with Gasteiger partial charge in [0, 0.05) is 6.54 Å². The van der Waals surface area contributed by atoms with E-state index in [0.717, 1.165) is 24.8 Å². The van der Waals surface area contributed by atoms with Crippen LogP contribution in [0.3, 0.4) is 0 Å². The standard InChI is InChI=1S/C11H21N5S/c1-3-12-9(2)11-13-14-15-16(11)8-10-4-6-17-7-5-10/h9-10,12H,3-8H2,1-2H3. The second-order valence-corrected chi connectivity index (χ2v) is 5.78. The lowest BCUT2D eigenvalue weighted by Crippen LogP contribution is -2.25. The van der Waals surface area contributed by atoms with Gasteiger partial charge in [-0.25, -0.2) is 4.68 Å². The van der Waals surface area contributed by atoms with Gasteiger partial charge in [0.25, 0.3) is 0 Å². The first-order valence-electron chi connectivity index (χ1n) is 6.38. The summed E-state index contributed by atoms with van der Waals surface area (Å²) < 4.78 is 1.98. The number of nitrogens with zero attached hydrogens (tertiary/aromatic N) is 4. The molecule has 0 saturated carbocycles. The Labute approximate surface area is 107 Å². The molecular weight excluding hydrogens is 234 g/mol. The Hall–Kier alpha value is -0.620. The molecule has 1 saturated heterocycles. The largest absolute Gasteiger partial charge is 0.308 e. The third-order valence-corrected chi connectivity index (χ3v) is 4.28. The molecule has 2 rings (SSSR count). The summed E-state index contributed by atoms with van der Waals surface area (Å²) in [5.74, 6) is 4.27. The van der Waals surface area contributed by atoms with E-state index in [-0.39, 0.29) is 6.04 Å². The van der Waals surface area contributed by atoms with Crippen molar-refractivity contribution in [3.05, 3.63) is 5.82 Å². The van der Waals surface area contributed by atoms with Gasteiger partial charge in [-0.1, -0.05) is 6.92 Å². The van der Waals surface area contributed by atoms with Crippen LogP contribution in [-0.2, 0) is 6.54 Å². The second kappa shape index (κ2) is 6.35. The van der Waals surface area contributed by atoms with E-state index in [1.54, 1.807) is 0 Å². The van der Waals surface area contributed by atoms with Crippen LogP contribution in [0, 0.1) is 5.92 Å². The van der Waals surface area contributed by atoms with E-state index >= 15 is 0 Å². The summed E-state index contributed by atoms with van der Waals surface area (Å²) in [6.45, 7) is 6.12. The highest BCUT2D eigenvalue weighted by atomic mass is 32.2. The predicted octanol–water partition coefficient (Wildman–Crippen LogP) is 1.49. The minimum Gasteiger partial charge on any atom is -0.308 e. The van der Waals surface area contributed by atoms with Crippen molar-refractivity contribution in [3.8, 4) is 0 Å². The lowest BCUT2D eigenvalue weighted by Gasteiger charge is -2.22. The predicted molar refractivity (Wildman–Crippen MR) is 70.0 cm³/mol. The fraction of sp³-hybridized carbons (Fsp3) is 0.909. The van der Waals surface area contributed by atoms with Crippen LogP contribution in [0.2, 0.25) is 0 Å². The number of thioether (sulfide) groups is 1. The number of tetrazole rings is 1. The normalized spacial score (nSPS) is 19.4. The van der Waals surface area contributed by atoms with Crippen LogP contribution < -0.4 is 5.32 Å². The summed E-state index contributed by atoms with van der Waals surface area (Å²) >= 11 is 2.06. The van der Waals surface area contributed by atoms with Crippen molar-refractivity contribution in [3.63, 3.8) is 0 Å². The first-order valence-corrected chi connectivity index (χ1v) is 7.54. The van der Waals surface area contributed by atoms with Crippen molar-refractivity contribution in [1.82, 2.24) is 25.5 Å². The molecule has 0 bridgehead atoms. The smallest absolute Gasteiger partial charge is 0.167 e. The Kier molecular flexibility index (Phi) is 4.79. The average molecular weight is 255 g/mol. The number of aromatic nitrogens is 4. The summed E-state index contributed by atoms with van der Waals surface area (Å²) in [5, 5.41) is 15.4. The molecule has 1 fully saturated rings. The highest BCUT2D eigenvalue weighted by Gasteiger charge is 2.19. The van der Waals surface area contributed by atoms with Gasteiger partial charge in [0.1, 0.15) is 0 Å². The maximum Gasteiger partial charge on any atom is 0.167 e. The van der Waals surface area contributed by atoms with Gasteiger partial charge in [0.2, 0.25) is 0 Å². The summed E-state index contributed by atoms with van der Waals surface area (Å²) in [4.78, 5) is 0. The zero-order chi connectivity index (χ0) is 12.1. The van der Waals surface area contributed by atoms with Gasteiger partial charge in [0.15, 0.2) is 5.82 Å². The molecule has 96 valence electrons. The fourth-order valence-electron chi connectivity index (χ4n) is 2.22. The van der Waals surface area contributed by atoms with E-state index in [4.69, 9.17) is 0 Å². The summed E-state index contributed by atoms with van der Waals surface area (Å²) in [6, 6.07) is 0.230. The summed E-state index contributed by atoms with van der Waals surface area (Å²) in [6.07, 6.45) is 2.58. The molecule has 17 heavy (non-hydrogen) atoms. The number of nitrogens with one attached hydrogen (secondary N) is 1. The van der Waals surface area contributed by atoms with Gasteiger partial charge in [-0.15, -0.1) is 5.10 Å². The molecule has 1 aromatic heterocycles. The van der Waals surface area contributed by atoms with E-state index in [9.17, 15) is 0 Å². The lowest BCUT2D eigenvalue weighted by molar-refractivity contribution is 0.371. The Morgan fingerprint density at radius 1 is 1.47 bits per heavy atom. The average Bonchev–Trinajstić information content (AvgIpc) is 2.79. The fourth-order valence-corrected chi connectivity index (χ4v) is 3.43. The molecule has 0 aromatic carbocycles. The molecule has 5 nitrogen and oxygen atoms in total. The minimum atomic E-state index is 0.230. The van der Waals surface area contributed by atoms with Crippen molar-refractivity contribution >= 4 is 11.8 Å². The van der Waals surface area contributed by atoms with Gasteiger partial charge in [-0.05, 0) is 54.2 Å². The van der Waals surface area contributed by atoms with Gasteiger partial charge in [0.05, 0.1) is 6.04 Å². The maximum absolute atomic E-state index is 4.13. The van der Waals surface area contributed by atoms with Gasteiger partial charge in [-0.3, -0.25) is 0 Å². The van der Waals surface area contributed by atoms with E-state index in [0.29, 0.717) is 0 Å². The van der Waals surface area contributed by atoms with Crippen LogP contribution in [-0.4, -0.2) is 38.3 Å².